The Labute approximate surface area is 167 Å². The van der Waals surface area contributed by atoms with E-state index in [1.165, 1.54) is 5.06 Å². The predicted octanol–water partition coefficient (Wildman–Crippen LogP) is 3.04. The summed E-state index contributed by atoms with van der Waals surface area (Å²) in [5, 5.41) is 10.8. The van der Waals surface area contributed by atoms with Gasteiger partial charge in [0, 0.05) is 29.4 Å². The number of hydrogen-bond acceptors (Lipinski definition) is 8. The first-order valence-corrected chi connectivity index (χ1v) is 8.96. The van der Waals surface area contributed by atoms with E-state index in [1.54, 1.807) is 49.1 Å². The number of hydrazine groups is 1. The highest BCUT2D eigenvalue weighted by Gasteiger charge is 2.22. The number of hydroxylamine groups is 2. The molecule has 29 heavy (non-hydrogen) atoms. The van der Waals surface area contributed by atoms with Gasteiger partial charge in [0.05, 0.1) is 6.20 Å². The first kappa shape index (κ1) is 18.4. The van der Waals surface area contributed by atoms with Crippen LogP contribution in [0, 0.1) is 0 Å². The normalized spacial score (nSPS) is 14.9. The van der Waals surface area contributed by atoms with Crippen LogP contribution in [0.2, 0.25) is 0 Å². The van der Waals surface area contributed by atoms with Crippen LogP contribution in [-0.2, 0) is 5.41 Å². The first-order valence-electron chi connectivity index (χ1n) is 8.96. The van der Waals surface area contributed by atoms with Gasteiger partial charge in [-0.2, -0.15) is 5.06 Å². The van der Waals surface area contributed by atoms with Gasteiger partial charge in [-0.15, -0.1) is 0 Å². The quantitative estimate of drug-likeness (QED) is 0.629. The summed E-state index contributed by atoms with van der Waals surface area (Å²) < 4.78 is 5.27. The lowest BCUT2D eigenvalue weighted by molar-refractivity contribution is 0.0646. The van der Waals surface area contributed by atoms with Crippen molar-refractivity contribution in [3.8, 4) is 5.75 Å². The third-order valence-electron chi connectivity index (χ3n) is 4.09. The second-order valence-electron chi connectivity index (χ2n) is 7.46. The number of hydrogen-bond donors (Lipinski definition) is 4. The fourth-order valence-electron chi connectivity index (χ4n) is 2.62. The molecule has 0 radical (unpaired) electrons. The highest BCUT2D eigenvalue weighted by Crippen LogP contribution is 2.25. The molecule has 0 fully saturated rings. The van der Waals surface area contributed by atoms with Gasteiger partial charge >= 0.3 is 6.03 Å². The molecule has 0 unspecified atom stereocenters. The van der Waals surface area contributed by atoms with Gasteiger partial charge < -0.3 is 20.1 Å². The summed E-state index contributed by atoms with van der Waals surface area (Å²) in [6.07, 6.45) is 4.99. The molecule has 1 aromatic carbocycles. The van der Waals surface area contributed by atoms with Crippen LogP contribution in [0.15, 0.2) is 63.6 Å². The number of rotatable bonds is 4. The Morgan fingerprint density at radius 1 is 1.24 bits per heavy atom. The number of fused-ring (bicyclic) bond motifs is 1. The summed E-state index contributed by atoms with van der Waals surface area (Å²) >= 11 is 0. The summed E-state index contributed by atoms with van der Waals surface area (Å²) in [5.41, 5.74) is 7.79. The molecular weight excluding hydrogens is 374 g/mol. The maximum absolute atomic E-state index is 12.3. The molecule has 10 heteroatoms. The number of nitrogens with one attached hydrogen (secondary N) is 4. The van der Waals surface area contributed by atoms with Crippen LogP contribution in [0.3, 0.4) is 0 Å². The third kappa shape index (κ3) is 4.15. The second kappa shape index (κ2) is 7.23. The lowest BCUT2D eigenvalue weighted by atomic mass is 9.93. The summed E-state index contributed by atoms with van der Waals surface area (Å²) in [6, 6.07) is 8.27. The lowest BCUT2D eigenvalue weighted by Crippen LogP contribution is -2.29. The number of benzene rings is 1. The fourth-order valence-corrected chi connectivity index (χ4v) is 2.62. The Hall–Kier alpha value is -3.95. The van der Waals surface area contributed by atoms with Crippen molar-refractivity contribution in [2.24, 2.45) is 4.99 Å². The SMILES string of the molecule is CC(C)(C)c1cc(NC(=O)Nc2cccc(ON3C=NC=C4NNC=C43)c2)no1. The van der Waals surface area contributed by atoms with Crippen LogP contribution >= 0.6 is 0 Å². The molecule has 0 saturated heterocycles. The molecule has 0 atom stereocenters. The third-order valence-corrected chi connectivity index (χ3v) is 4.09. The minimum Gasteiger partial charge on any atom is -0.374 e. The second-order valence-corrected chi connectivity index (χ2v) is 7.46. The van der Waals surface area contributed by atoms with Crippen LogP contribution in [0.25, 0.3) is 0 Å². The molecule has 2 aliphatic heterocycles. The van der Waals surface area contributed by atoms with Crippen LogP contribution in [-0.4, -0.2) is 22.6 Å². The van der Waals surface area contributed by atoms with Crippen LogP contribution < -0.4 is 26.3 Å². The molecule has 150 valence electrons. The number of amides is 2. The Balaban J connectivity index is 1.39. The van der Waals surface area contributed by atoms with Gasteiger partial charge in [-0.3, -0.25) is 10.7 Å². The number of carbonyl (C=O) groups is 1. The molecule has 3 heterocycles. The van der Waals surface area contributed by atoms with E-state index in [2.05, 4.69) is 31.6 Å². The minimum absolute atomic E-state index is 0.193. The van der Waals surface area contributed by atoms with Gasteiger partial charge in [0.1, 0.15) is 23.5 Å². The van der Waals surface area contributed by atoms with Crippen LogP contribution in [0.5, 0.6) is 5.75 Å². The average molecular weight is 395 g/mol. The first-order chi connectivity index (χ1) is 13.9. The maximum Gasteiger partial charge on any atom is 0.324 e. The van der Waals surface area contributed by atoms with E-state index in [0.717, 1.165) is 11.4 Å². The van der Waals surface area contributed by atoms with Gasteiger partial charge in [-0.05, 0) is 12.1 Å². The maximum atomic E-state index is 12.3. The summed E-state index contributed by atoms with van der Waals surface area (Å²) in [7, 11) is 0. The number of urea groups is 1. The van der Waals surface area contributed by atoms with E-state index >= 15 is 0 Å². The highest BCUT2D eigenvalue weighted by molar-refractivity contribution is 5.99. The number of carbonyl (C=O) groups excluding carboxylic acids is 1. The van der Waals surface area contributed by atoms with E-state index in [9.17, 15) is 4.79 Å². The molecule has 0 aliphatic carbocycles. The zero-order chi connectivity index (χ0) is 20.4. The number of nitrogens with zero attached hydrogens (tertiary/aromatic N) is 3. The van der Waals surface area contributed by atoms with E-state index < -0.39 is 6.03 Å². The average Bonchev–Trinajstić information content (AvgIpc) is 3.31. The largest absolute Gasteiger partial charge is 0.374 e. The Bertz CT molecular complexity index is 1020. The Morgan fingerprint density at radius 2 is 2.10 bits per heavy atom. The van der Waals surface area contributed by atoms with Gasteiger partial charge in [0.2, 0.25) is 0 Å². The van der Waals surface area contributed by atoms with Crippen molar-refractivity contribution >= 4 is 23.9 Å². The van der Waals surface area contributed by atoms with E-state index in [1.807, 2.05) is 20.8 Å². The van der Waals surface area contributed by atoms with Gasteiger partial charge in [-0.25, -0.2) is 9.79 Å². The van der Waals surface area contributed by atoms with Crippen molar-refractivity contribution in [2.75, 3.05) is 10.6 Å². The molecule has 2 amide bonds. The molecule has 4 rings (SSSR count). The molecule has 10 nitrogen and oxygen atoms in total. The standard InChI is InChI=1S/C19H21N7O3/c1-19(2,3)16-8-17(25-28-16)23-18(27)22-12-5-4-6-13(7-12)29-26-11-20-9-14-15(26)10-21-24-14/h4-11,21,24H,1-3H3,(H2,22,23,25,27). The molecule has 2 aliphatic rings. The van der Waals surface area contributed by atoms with E-state index in [0.29, 0.717) is 23.0 Å². The number of aliphatic imine (C=N–C) groups is 1. The monoisotopic (exact) mass is 395 g/mol. The summed E-state index contributed by atoms with van der Waals surface area (Å²) in [5.74, 6) is 1.56. The fraction of sp³-hybridized carbons (Fsp3) is 0.211. The van der Waals surface area contributed by atoms with Crippen molar-refractivity contribution in [3.05, 3.63) is 59.9 Å². The highest BCUT2D eigenvalue weighted by atomic mass is 16.7. The topological polar surface area (TPSA) is 116 Å². The van der Waals surface area contributed by atoms with Crippen molar-refractivity contribution in [1.29, 1.82) is 0 Å². The zero-order valence-electron chi connectivity index (χ0n) is 16.2. The molecule has 0 bridgehead atoms. The smallest absolute Gasteiger partial charge is 0.324 e. The molecular formula is C19H21N7O3. The molecule has 0 spiro atoms. The summed E-state index contributed by atoms with van der Waals surface area (Å²) in [6.45, 7) is 6.01. The molecule has 2 aromatic rings. The van der Waals surface area contributed by atoms with E-state index in [4.69, 9.17) is 9.36 Å². The van der Waals surface area contributed by atoms with Gasteiger partial charge in [0.15, 0.2) is 11.6 Å². The van der Waals surface area contributed by atoms with Gasteiger partial charge in [0.25, 0.3) is 0 Å². The number of aromatic nitrogens is 1. The lowest BCUT2D eigenvalue weighted by Gasteiger charge is -2.22. The Kier molecular flexibility index (Phi) is 4.59. The molecule has 0 saturated carbocycles. The molecule has 1 aromatic heterocycles. The van der Waals surface area contributed by atoms with Crippen molar-refractivity contribution in [1.82, 2.24) is 21.1 Å². The number of anilines is 2. The zero-order valence-corrected chi connectivity index (χ0v) is 16.2. The minimum atomic E-state index is -0.437. The van der Waals surface area contributed by atoms with Crippen molar-refractivity contribution < 1.29 is 14.2 Å². The van der Waals surface area contributed by atoms with Crippen molar-refractivity contribution in [3.63, 3.8) is 0 Å². The van der Waals surface area contributed by atoms with Gasteiger partial charge in [-0.1, -0.05) is 32.0 Å². The Morgan fingerprint density at radius 3 is 2.90 bits per heavy atom. The van der Waals surface area contributed by atoms with Crippen LogP contribution in [0.4, 0.5) is 16.3 Å². The van der Waals surface area contributed by atoms with Crippen molar-refractivity contribution in [2.45, 2.75) is 26.2 Å². The van der Waals surface area contributed by atoms with E-state index in [-0.39, 0.29) is 5.41 Å². The van der Waals surface area contributed by atoms with Crippen LogP contribution in [0.1, 0.15) is 26.5 Å². The predicted molar refractivity (Wildman–Crippen MR) is 108 cm³/mol. The molecule has 4 N–H and O–H groups in total. The summed E-state index contributed by atoms with van der Waals surface area (Å²) in [4.78, 5) is 22.2.